The van der Waals surface area contributed by atoms with Crippen molar-refractivity contribution < 1.29 is 9.90 Å². The fourth-order valence-corrected chi connectivity index (χ4v) is 1.70. The Morgan fingerprint density at radius 1 is 1.38 bits per heavy atom. The third-order valence-electron chi connectivity index (χ3n) is 2.74. The average molecular weight is 221 g/mol. The molecule has 88 valence electrons. The number of rotatable bonds is 6. The van der Waals surface area contributed by atoms with Crippen molar-refractivity contribution in [2.24, 2.45) is 5.73 Å². The monoisotopic (exact) mass is 221 g/mol. The minimum absolute atomic E-state index is 0.295. The molecule has 3 nitrogen and oxygen atoms in total. The van der Waals surface area contributed by atoms with Gasteiger partial charge in [-0.25, -0.2) is 0 Å². The molecule has 0 fully saturated rings. The number of aliphatic hydroxyl groups is 1. The van der Waals surface area contributed by atoms with Crippen LogP contribution in [0.3, 0.4) is 0 Å². The Balaban J connectivity index is 2.75. The number of primary amides is 1. The number of amides is 1. The Morgan fingerprint density at radius 2 is 2.00 bits per heavy atom. The number of unbranched alkanes of at least 4 members (excludes halogenated alkanes) is 1. The van der Waals surface area contributed by atoms with Gasteiger partial charge in [-0.2, -0.15) is 0 Å². The molecule has 0 aromatic heterocycles. The molecule has 1 unspecified atom stereocenters. The van der Waals surface area contributed by atoms with E-state index in [1.54, 1.807) is 0 Å². The Hall–Kier alpha value is -1.35. The standard InChI is InChI=1S/C13H19NO2/c1-2-3-9-13(16,12(14)15)10-11-7-5-4-6-8-11/h4-8,16H,2-3,9-10H2,1H3,(H2,14,15). The van der Waals surface area contributed by atoms with E-state index in [1.165, 1.54) is 0 Å². The summed E-state index contributed by atoms with van der Waals surface area (Å²) in [6.07, 6.45) is 2.45. The molecule has 0 aliphatic heterocycles. The van der Waals surface area contributed by atoms with Crippen LogP contribution in [0, 0.1) is 0 Å². The van der Waals surface area contributed by atoms with E-state index in [0.717, 1.165) is 18.4 Å². The van der Waals surface area contributed by atoms with Gasteiger partial charge in [0.1, 0.15) is 5.60 Å². The number of carbonyl (C=O) groups is 1. The lowest BCUT2D eigenvalue weighted by Crippen LogP contribution is -2.45. The number of hydrogen-bond donors (Lipinski definition) is 2. The molecule has 0 aliphatic rings. The summed E-state index contributed by atoms with van der Waals surface area (Å²) < 4.78 is 0. The average Bonchev–Trinajstić information content (AvgIpc) is 2.27. The van der Waals surface area contributed by atoms with E-state index >= 15 is 0 Å². The minimum Gasteiger partial charge on any atom is -0.380 e. The maximum atomic E-state index is 11.3. The molecular weight excluding hydrogens is 202 g/mol. The second kappa shape index (κ2) is 5.66. The smallest absolute Gasteiger partial charge is 0.249 e. The van der Waals surface area contributed by atoms with Gasteiger partial charge in [-0.3, -0.25) is 4.79 Å². The van der Waals surface area contributed by atoms with Crippen molar-refractivity contribution >= 4 is 5.91 Å². The molecule has 1 rings (SSSR count). The highest BCUT2D eigenvalue weighted by Crippen LogP contribution is 2.19. The fraction of sp³-hybridized carbons (Fsp3) is 0.462. The number of hydrogen-bond acceptors (Lipinski definition) is 2. The van der Waals surface area contributed by atoms with E-state index in [2.05, 4.69) is 0 Å². The van der Waals surface area contributed by atoms with Crippen LogP contribution in [0.15, 0.2) is 30.3 Å². The maximum absolute atomic E-state index is 11.3. The predicted molar refractivity (Wildman–Crippen MR) is 63.8 cm³/mol. The van der Waals surface area contributed by atoms with E-state index < -0.39 is 11.5 Å². The molecule has 16 heavy (non-hydrogen) atoms. The van der Waals surface area contributed by atoms with Crippen LogP contribution in [0.25, 0.3) is 0 Å². The first-order valence-electron chi connectivity index (χ1n) is 5.64. The number of benzene rings is 1. The summed E-state index contributed by atoms with van der Waals surface area (Å²) in [5.41, 5.74) is 4.80. The van der Waals surface area contributed by atoms with E-state index in [1.807, 2.05) is 37.3 Å². The number of nitrogens with two attached hydrogens (primary N) is 1. The van der Waals surface area contributed by atoms with Gasteiger partial charge < -0.3 is 10.8 Å². The first kappa shape index (κ1) is 12.7. The zero-order valence-corrected chi connectivity index (χ0v) is 9.65. The lowest BCUT2D eigenvalue weighted by molar-refractivity contribution is -0.137. The zero-order valence-electron chi connectivity index (χ0n) is 9.65. The molecule has 0 aliphatic carbocycles. The van der Waals surface area contributed by atoms with Crippen molar-refractivity contribution in [3.63, 3.8) is 0 Å². The second-order valence-electron chi connectivity index (χ2n) is 4.16. The molecule has 0 radical (unpaired) electrons. The Kier molecular flexibility index (Phi) is 4.50. The van der Waals surface area contributed by atoms with Gasteiger partial charge in [-0.05, 0) is 12.0 Å². The lowest BCUT2D eigenvalue weighted by Gasteiger charge is -2.24. The van der Waals surface area contributed by atoms with E-state index in [4.69, 9.17) is 5.73 Å². The molecule has 3 heteroatoms. The van der Waals surface area contributed by atoms with Gasteiger partial charge in [-0.15, -0.1) is 0 Å². The molecule has 1 aromatic carbocycles. The maximum Gasteiger partial charge on any atom is 0.249 e. The zero-order chi connectivity index (χ0) is 12.0. The third kappa shape index (κ3) is 3.35. The van der Waals surface area contributed by atoms with Gasteiger partial charge in [0, 0.05) is 6.42 Å². The summed E-state index contributed by atoms with van der Waals surface area (Å²) in [7, 11) is 0. The normalized spacial score (nSPS) is 14.4. The highest BCUT2D eigenvalue weighted by atomic mass is 16.3. The van der Waals surface area contributed by atoms with E-state index in [9.17, 15) is 9.90 Å². The fourth-order valence-electron chi connectivity index (χ4n) is 1.70. The summed E-state index contributed by atoms with van der Waals surface area (Å²) in [6, 6.07) is 9.45. The lowest BCUT2D eigenvalue weighted by atomic mass is 9.89. The van der Waals surface area contributed by atoms with Crippen LogP contribution < -0.4 is 5.73 Å². The molecule has 0 saturated heterocycles. The van der Waals surface area contributed by atoms with E-state index in [-0.39, 0.29) is 0 Å². The van der Waals surface area contributed by atoms with Crippen LogP contribution in [-0.4, -0.2) is 16.6 Å². The number of carbonyl (C=O) groups excluding carboxylic acids is 1. The van der Waals surface area contributed by atoms with Crippen LogP contribution in [0.4, 0.5) is 0 Å². The predicted octanol–water partition coefficient (Wildman–Crippen LogP) is 1.64. The van der Waals surface area contributed by atoms with Crippen LogP contribution in [0.1, 0.15) is 31.7 Å². The van der Waals surface area contributed by atoms with Gasteiger partial charge in [0.15, 0.2) is 0 Å². The summed E-state index contributed by atoms with van der Waals surface area (Å²) >= 11 is 0. The summed E-state index contributed by atoms with van der Waals surface area (Å²) in [6.45, 7) is 2.02. The molecule has 1 amide bonds. The Morgan fingerprint density at radius 3 is 2.50 bits per heavy atom. The third-order valence-corrected chi connectivity index (χ3v) is 2.74. The van der Waals surface area contributed by atoms with Crippen molar-refractivity contribution in [3.05, 3.63) is 35.9 Å². The van der Waals surface area contributed by atoms with Crippen LogP contribution in [0.5, 0.6) is 0 Å². The van der Waals surface area contributed by atoms with E-state index in [0.29, 0.717) is 12.8 Å². The Bertz CT molecular complexity index is 337. The Labute approximate surface area is 96.3 Å². The highest BCUT2D eigenvalue weighted by molar-refractivity contribution is 5.83. The minimum atomic E-state index is -1.41. The first-order valence-corrected chi connectivity index (χ1v) is 5.64. The molecule has 0 spiro atoms. The van der Waals surface area contributed by atoms with Crippen LogP contribution in [0.2, 0.25) is 0 Å². The summed E-state index contributed by atoms with van der Waals surface area (Å²) in [5, 5.41) is 10.2. The van der Waals surface area contributed by atoms with Crippen molar-refractivity contribution in [1.29, 1.82) is 0 Å². The molecule has 0 bridgehead atoms. The molecular formula is C13H19NO2. The van der Waals surface area contributed by atoms with Crippen LogP contribution in [-0.2, 0) is 11.2 Å². The van der Waals surface area contributed by atoms with Gasteiger partial charge >= 0.3 is 0 Å². The van der Waals surface area contributed by atoms with Crippen molar-refractivity contribution in [2.75, 3.05) is 0 Å². The molecule has 1 aromatic rings. The molecule has 0 heterocycles. The van der Waals surface area contributed by atoms with Crippen molar-refractivity contribution in [1.82, 2.24) is 0 Å². The molecule has 3 N–H and O–H groups in total. The first-order chi connectivity index (χ1) is 7.58. The highest BCUT2D eigenvalue weighted by Gasteiger charge is 2.33. The largest absolute Gasteiger partial charge is 0.380 e. The van der Waals surface area contributed by atoms with Gasteiger partial charge in [0.2, 0.25) is 5.91 Å². The summed E-state index contributed by atoms with van der Waals surface area (Å²) in [4.78, 5) is 11.3. The topological polar surface area (TPSA) is 63.3 Å². The van der Waals surface area contributed by atoms with Gasteiger partial charge in [0.05, 0.1) is 0 Å². The van der Waals surface area contributed by atoms with Crippen LogP contribution >= 0.6 is 0 Å². The van der Waals surface area contributed by atoms with Gasteiger partial charge in [-0.1, -0.05) is 50.1 Å². The quantitative estimate of drug-likeness (QED) is 0.767. The molecule has 0 saturated carbocycles. The van der Waals surface area contributed by atoms with Gasteiger partial charge in [0.25, 0.3) is 0 Å². The summed E-state index contributed by atoms with van der Waals surface area (Å²) in [5.74, 6) is -0.634. The molecule has 1 atom stereocenters. The SMILES string of the molecule is CCCCC(O)(Cc1ccccc1)C(N)=O. The van der Waals surface area contributed by atoms with Crippen molar-refractivity contribution in [2.45, 2.75) is 38.2 Å². The second-order valence-corrected chi connectivity index (χ2v) is 4.16. The van der Waals surface area contributed by atoms with Crippen molar-refractivity contribution in [3.8, 4) is 0 Å².